The zero-order valence-corrected chi connectivity index (χ0v) is 12.6. The lowest BCUT2D eigenvalue weighted by Gasteiger charge is -2.19. The highest BCUT2D eigenvalue weighted by atomic mass is 15.4. The summed E-state index contributed by atoms with van der Waals surface area (Å²) in [6, 6.07) is 0.909. The molecule has 0 bridgehead atoms. The lowest BCUT2D eigenvalue weighted by atomic mass is 10.1. The SMILES string of the molecule is CC(C)[C@H]1CN2CCCN3C[C@H](C(C)C)N=C3C2=N1. The summed E-state index contributed by atoms with van der Waals surface area (Å²) in [5, 5.41) is 0. The zero-order chi connectivity index (χ0) is 13.6. The van der Waals surface area contributed by atoms with Crippen molar-refractivity contribution in [1.82, 2.24) is 9.80 Å². The molecule has 3 aliphatic rings. The number of hydrogen-bond acceptors (Lipinski definition) is 4. The van der Waals surface area contributed by atoms with Crippen LogP contribution in [0.15, 0.2) is 9.98 Å². The van der Waals surface area contributed by atoms with Crippen LogP contribution in [0.3, 0.4) is 0 Å². The van der Waals surface area contributed by atoms with E-state index in [2.05, 4.69) is 37.5 Å². The predicted molar refractivity (Wildman–Crippen MR) is 79.9 cm³/mol. The van der Waals surface area contributed by atoms with Gasteiger partial charge in [-0.3, -0.25) is 9.98 Å². The first kappa shape index (κ1) is 12.9. The minimum absolute atomic E-state index is 0.454. The Balaban J connectivity index is 1.90. The summed E-state index contributed by atoms with van der Waals surface area (Å²) in [7, 11) is 0. The van der Waals surface area contributed by atoms with E-state index in [4.69, 9.17) is 9.98 Å². The van der Waals surface area contributed by atoms with Gasteiger partial charge in [-0.05, 0) is 18.3 Å². The average Bonchev–Trinajstić information content (AvgIpc) is 2.91. The van der Waals surface area contributed by atoms with E-state index in [1.807, 2.05) is 0 Å². The molecular formula is C15H26N4. The van der Waals surface area contributed by atoms with Crippen molar-refractivity contribution in [2.45, 2.75) is 46.2 Å². The molecule has 0 radical (unpaired) electrons. The van der Waals surface area contributed by atoms with E-state index in [1.54, 1.807) is 0 Å². The Bertz CT molecular complexity index is 372. The van der Waals surface area contributed by atoms with Crippen molar-refractivity contribution in [3.05, 3.63) is 0 Å². The molecule has 2 atom stereocenters. The van der Waals surface area contributed by atoms with Crippen LogP contribution in [-0.2, 0) is 0 Å². The highest BCUT2D eigenvalue weighted by molar-refractivity contribution is 6.41. The highest BCUT2D eigenvalue weighted by Crippen LogP contribution is 2.25. The van der Waals surface area contributed by atoms with Gasteiger partial charge in [-0.15, -0.1) is 0 Å². The van der Waals surface area contributed by atoms with E-state index < -0.39 is 0 Å². The van der Waals surface area contributed by atoms with Crippen LogP contribution >= 0.6 is 0 Å². The fourth-order valence-electron chi connectivity index (χ4n) is 3.15. The third-order valence-electron chi connectivity index (χ3n) is 4.59. The summed E-state index contributed by atoms with van der Waals surface area (Å²) >= 11 is 0. The summed E-state index contributed by atoms with van der Waals surface area (Å²) < 4.78 is 0. The molecule has 0 unspecified atom stereocenters. The van der Waals surface area contributed by atoms with Crippen LogP contribution in [0.2, 0.25) is 0 Å². The van der Waals surface area contributed by atoms with Crippen molar-refractivity contribution < 1.29 is 0 Å². The lowest BCUT2D eigenvalue weighted by Crippen LogP contribution is -2.38. The number of rotatable bonds is 2. The van der Waals surface area contributed by atoms with Crippen LogP contribution in [0, 0.1) is 11.8 Å². The second-order valence-electron chi connectivity index (χ2n) is 6.77. The first-order chi connectivity index (χ1) is 9.06. The molecule has 0 spiro atoms. The maximum absolute atomic E-state index is 4.98. The van der Waals surface area contributed by atoms with Gasteiger partial charge in [-0.25, -0.2) is 0 Å². The fourth-order valence-corrected chi connectivity index (χ4v) is 3.15. The van der Waals surface area contributed by atoms with E-state index in [0.717, 1.165) is 26.2 Å². The molecule has 0 N–H and O–H groups in total. The summed E-state index contributed by atoms with van der Waals surface area (Å²) in [6.45, 7) is 13.5. The van der Waals surface area contributed by atoms with Crippen molar-refractivity contribution in [3.63, 3.8) is 0 Å². The number of nitrogens with zero attached hydrogens (tertiary/aromatic N) is 4. The summed E-state index contributed by atoms with van der Waals surface area (Å²) in [5.74, 6) is 3.60. The second-order valence-corrected chi connectivity index (χ2v) is 6.77. The highest BCUT2D eigenvalue weighted by Gasteiger charge is 2.38. The predicted octanol–water partition coefficient (Wildman–Crippen LogP) is 1.87. The first-order valence-corrected chi connectivity index (χ1v) is 7.72. The van der Waals surface area contributed by atoms with Gasteiger partial charge in [0.1, 0.15) is 0 Å². The molecule has 3 rings (SSSR count). The van der Waals surface area contributed by atoms with Gasteiger partial charge in [-0.2, -0.15) is 0 Å². The molecule has 106 valence electrons. The third-order valence-corrected chi connectivity index (χ3v) is 4.59. The number of hydrogen-bond donors (Lipinski definition) is 0. The molecule has 3 heterocycles. The molecule has 0 aromatic heterocycles. The van der Waals surface area contributed by atoms with Crippen molar-refractivity contribution in [1.29, 1.82) is 0 Å². The van der Waals surface area contributed by atoms with Crippen LogP contribution in [0.25, 0.3) is 0 Å². The second kappa shape index (κ2) is 4.80. The lowest BCUT2D eigenvalue weighted by molar-refractivity contribution is 0.351. The van der Waals surface area contributed by atoms with Crippen molar-refractivity contribution in [2.75, 3.05) is 26.2 Å². The standard InChI is InChI=1S/C15H26N4/c1-10(2)12-8-18-6-5-7-19-9-13(11(3)4)17-15(19)14(18)16-12/h10-13H,5-9H2,1-4H3/t12-,13-/m1/s1. The van der Waals surface area contributed by atoms with Gasteiger partial charge in [0.2, 0.25) is 0 Å². The normalized spacial score (nSPS) is 30.4. The Morgan fingerprint density at radius 2 is 1.26 bits per heavy atom. The van der Waals surface area contributed by atoms with E-state index in [-0.39, 0.29) is 0 Å². The number of fused-ring (bicyclic) bond motifs is 3. The topological polar surface area (TPSA) is 31.2 Å². The Labute approximate surface area is 116 Å². The Kier molecular flexibility index (Phi) is 3.27. The number of amidine groups is 2. The van der Waals surface area contributed by atoms with Gasteiger partial charge in [0, 0.05) is 26.2 Å². The Morgan fingerprint density at radius 1 is 0.842 bits per heavy atom. The molecular weight excluding hydrogens is 236 g/mol. The van der Waals surface area contributed by atoms with Crippen LogP contribution in [0.4, 0.5) is 0 Å². The van der Waals surface area contributed by atoms with Gasteiger partial charge < -0.3 is 9.80 Å². The number of aliphatic imine (C=N–C) groups is 2. The molecule has 3 aliphatic heterocycles. The molecule has 4 nitrogen and oxygen atoms in total. The minimum atomic E-state index is 0.454. The molecule has 0 saturated carbocycles. The smallest absolute Gasteiger partial charge is 0.167 e. The maximum atomic E-state index is 4.98. The van der Waals surface area contributed by atoms with Gasteiger partial charge in [0.25, 0.3) is 0 Å². The first-order valence-electron chi connectivity index (χ1n) is 7.72. The van der Waals surface area contributed by atoms with Crippen molar-refractivity contribution in [3.8, 4) is 0 Å². The Hall–Kier alpha value is -1.06. The molecule has 0 aliphatic carbocycles. The van der Waals surface area contributed by atoms with Crippen LogP contribution in [-0.4, -0.2) is 59.7 Å². The molecule has 1 saturated heterocycles. The average molecular weight is 262 g/mol. The Morgan fingerprint density at radius 3 is 1.63 bits per heavy atom. The molecule has 0 amide bonds. The monoisotopic (exact) mass is 262 g/mol. The maximum Gasteiger partial charge on any atom is 0.167 e. The molecule has 0 aromatic carbocycles. The summed E-state index contributed by atoms with van der Waals surface area (Å²) in [5.41, 5.74) is 0. The van der Waals surface area contributed by atoms with E-state index in [1.165, 1.54) is 18.1 Å². The molecule has 0 aromatic rings. The largest absolute Gasteiger partial charge is 0.352 e. The van der Waals surface area contributed by atoms with Crippen molar-refractivity contribution in [2.24, 2.45) is 21.8 Å². The van der Waals surface area contributed by atoms with Gasteiger partial charge in [0.15, 0.2) is 11.7 Å². The van der Waals surface area contributed by atoms with Gasteiger partial charge in [-0.1, -0.05) is 27.7 Å². The molecule has 1 fully saturated rings. The molecule has 4 heteroatoms. The van der Waals surface area contributed by atoms with Gasteiger partial charge in [0.05, 0.1) is 12.1 Å². The third kappa shape index (κ3) is 2.26. The molecule has 19 heavy (non-hydrogen) atoms. The van der Waals surface area contributed by atoms with E-state index >= 15 is 0 Å². The van der Waals surface area contributed by atoms with E-state index in [0.29, 0.717) is 23.9 Å². The van der Waals surface area contributed by atoms with E-state index in [9.17, 15) is 0 Å². The van der Waals surface area contributed by atoms with Crippen molar-refractivity contribution >= 4 is 11.7 Å². The minimum Gasteiger partial charge on any atom is -0.352 e. The van der Waals surface area contributed by atoms with Crippen LogP contribution in [0.1, 0.15) is 34.1 Å². The van der Waals surface area contributed by atoms with Gasteiger partial charge >= 0.3 is 0 Å². The summed E-state index contributed by atoms with van der Waals surface area (Å²) in [4.78, 5) is 14.9. The van der Waals surface area contributed by atoms with Crippen LogP contribution < -0.4 is 0 Å². The zero-order valence-electron chi connectivity index (χ0n) is 12.6. The quantitative estimate of drug-likeness (QED) is 0.761. The summed E-state index contributed by atoms with van der Waals surface area (Å²) in [6.07, 6.45) is 1.23. The fraction of sp³-hybridized carbons (Fsp3) is 0.867. The van der Waals surface area contributed by atoms with Crippen LogP contribution in [0.5, 0.6) is 0 Å².